The Morgan fingerprint density at radius 3 is 2.54 bits per heavy atom. The third kappa shape index (κ3) is 2.80. The molecule has 4 rings (SSSR count). The zero-order chi connectivity index (χ0) is 18.1. The highest BCUT2D eigenvalue weighted by Gasteiger charge is 2.34. The summed E-state index contributed by atoms with van der Waals surface area (Å²) in [5, 5.41) is 8.97. The Bertz CT molecular complexity index is 965. The van der Waals surface area contributed by atoms with Gasteiger partial charge < -0.3 is 4.74 Å². The fraction of sp³-hybridized carbons (Fsp3) is 0.158. The van der Waals surface area contributed by atoms with E-state index in [0.717, 1.165) is 16.8 Å². The summed E-state index contributed by atoms with van der Waals surface area (Å²) in [7, 11) is 0. The topological polar surface area (TPSA) is 68.2 Å². The average Bonchev–Trinajstić information content (AvgIpc) is 2.82. The first-order valence-corrected chi connectivity index (χ1v) is 9.31. The van der Waals surface area contributed by atoms with E-state index < -0.39 is 6.23 Å². The first kappa shape index (κ1) is 16.5. The minimum Gasteiger partial charge on any atom is -0.447 e. The predicted molar refractivity (Wildman–Crippen MR) is 100 cm³/mol. The molecule has 1 aliphatic heterocycles. The Balaban J connectivity index is 1.98. The monoisotopic (exact) mass is 364 g/mol. The first-order chi connectivity index (χ1) is 12.7. The van der Waals surface area contributed by atoms with Gasteiger partial charge in [0.2, 0.25) is 23.2 Å². The van der Waals surface area contributed by atoms with Crippen LogP contribution in [0.3, 0.4) is 0 Å². The van der Waals surface area contributed by atoms with Crippen LogP contribution in [-0.2, 0) is 4.79 Å². The molecule has 2 heterocycles. The van der Waals surface area contributed by atoms with Crippen LogP contribution in [0.4, 0.5) is 5.69 Å². The Labute approximate surface area is 155 Å². The number of fused-ring (bicyclic) bond motifs is 3. The Hall–Kier alpha value is -2.93. The van der Waals surface area contributed by atoms with Gasteiger partial charge >= 0.3 is 0 Å². The van der Waals surface area contributed by atoms with Gasteiger partial charge in [-0.2, -0.15) is 4.98 Å². The van der Waals surface area contributed by atoms with Gasteiger partial charge in [-0.25, -0.2) is 0 Å². The highest BCUT2D eigenvalue weighted by Crippen LogP contribution is 2.43. The molecule has 6 nitrogen and oxygen atoms in total. The molecule has 0 bridgehead atoms. The van der Waals surface area contributed by atoms with Crippen LogP contribution in [0.15, 0.2) is 59.8 Å². The summed E-state index contributed by atoms with van der Waals surface area (Å²) in [6.07, 6.45) is 1.24. The minimum absolute atomic E-state index is 0.128. The molecule has 0 N–H and O–H groups in total. The molecule has 0 radical (unpaired) electrons. The molecular weight excluding hydrogens is 348 g/mol. The highest BCUT2D eigenvalue weighted by atomic mass is 32.2. The maximum absolute atomic E-state index is 12.6. The molecule has 1 aliphatic rings. The van der Waals surface area contributed by atoms with Crippen molar-refractivity contribution in [3.8, 4) is 17.1 Å². The van der Waals surface area contributed by atoms with E-state index in [1.807, 2.05) is 60.9 Å². The van der Waals surface area contributed by atoms with Crippen LogP contribution in [0.2, 0.25) is 0 Å². The number of aromatic nitrogens is 3. The molecule has 0 aliphatic carbocycles. The van der Waals surface area contributed by atoms with Gasteiger partial charge in [0.25, 0.3) is 0 Å². The lowest BCUT2D eigenvalue weighted by atomic mass is 10.1. The number of carbonyl (C=O) groups excluding carboxylic acids is 1. The molecule has 0 saturated carbocycles. The number of anilines is 1. The number of hydrogen-bond acceptors (Lipinski definition) is 6. The number of ether oxygens (including phenoxy) is 1. The summed E-state index contributed by atoms with van der Waals surface area (Å²) in [5.41, 5.74) is 2.88. The number of para-hydroxylation sites is 1. The zero-order valence-corrected chi connectivity index (χ0v) is 15.1. The van der Waals surface area contributed by atoms with Crippen LogP contribution < -0.4 is 9.64 Å². The SMILES string of the molecule is CSc1nnc2c(n1)OC(c1ccccc1)N(C(C)=O)c1ccccc1-2. The van der Waals surface area contributed by atoms with Crippen molar-refractivity contribution < 1.29 is 9.53 Å². The van der Waals surface area contributed by atoms with E-state index in [2.05, 4.69) is 15.2 Å². The van der Waals surface area contributed by atoms with Crippen LogP contribution in [0.5, 0.6) is 5.88 Å². The van der Waals surface area contributed by atoms with Gasteiger partial charge in [-0.05, 0) is 12.3 Å². The fourth-order valence-corrected chi connectivity index (χ4v) is 3.27. The fourth-order valence-electron chi connectivity index (χ4n) is 2.97. The molecule has 0 saturated heterocycles. The quantitative estimate of drug-likeness (QED) is 0.646. The molecule has 1 atom stereocenters. The standard InChI is InChI=1S/C19H16N4O2S/c1-12(24)23-15-11-7-6-10-14(15)16-17(20-19(26-2)22-21-16)25-18(23)13-8-4-3-5-9-13/h3-11,18H,1-2H3. The zero-order valence-electron chi connectivity index (χ0n) is 14.3. The van der Waals surface area contributed by atoms with Crippen LogP contribution in [0.25, 0.3) is 11.3 Å². The summed E-state index contributed by atoms with van der Waals surface area (Å²) in [6.45, 7) is 1.53. The number of carbonyl (C=O) groups is 1. The number of thioether (sulfide) groups is 1. The first-order valence-electron chi connectivity index (χ1n) is 8.08. The lowest BCUT2D eigenvalue weighted by Crippen LogP contribution is -2.36. The Morgan fingerprint density at radius 1 is 1.08 bits per heavy atom. The van der Waals surface area contributed by atoms with Gasteiger partial charge in [0, 0.05) is 18.1 Å². The molecule has 0 fully saturated rings. The van der Waals surface area contributed by atoms with Crippen molar-refractivity contribution in [1.82, 2.24) is 15.2 Å². The molecule has 1 aromatic heterocycles. The third-order valence-electron chi connectivity index (χ3n) is 4.12. The second kappa shape index (κ2) is 6.76. The molecule has 7 heteroatoms. The summed E-state index contributed by atoms with van der Waals surface area (Å²) in [4.78, 5) is 18.7. The van der Waals surface area contributed by atoms with Crippen molar-refractivity contribution in [3.63, 3.8) is 0 Å². The Kier molecular flexibility index (Phi) is 4.30. The Morgan fingerprint density at radius 2 is 1.81 bits per heavy atom. The number of amides is 1. The molecule has 3 aromatic rings. The maximum atomic E-state index is 12.6. The van der Waals surface area contributed by atoms with Crippen molar-refractivity contribution in [2.24, 2.45) is 0 Å². The number of nitrogens with zero attached hydrogens (tertiary/aromatic N) is 4. The molecule has 1 unspecified atom stereocenters. The van der Waals surface area contributed by atoms with Crippen molar-refractivity contribution in [3.05, 3.63) is 60.2 Å². The highest BCUT2D eigenvalue weighted by molar-refractivity contribution is 7.98. The summed E-state index contributed by atoms with van der Waals surface area (Å²) in [6, 6.07) is 17.2. The van der Waals surface area contributed by atoms with Crippen molar-refractivity contribution in [2.45, 2.75) is 18.3 Å². The molecule has 2 aromatic carbocycles. The number of benzene rings is 2. The minimum atomic E-state index is -0.637. The molecular formula is C19H16N4O2S. The van der Waals surface area contributed by atoms with Crippen molar-refractivity contribution >= 4 is 23.4 Å². The smallest absolute Gasteiger partial charge is 0.247 e. The maximum Gasteiger partial charge on any atom is 0.247 e. The van der Waals surface area contributed by atoms with Gasteiger partial charge in [0.1, 0.15) is 0 Å². The summed E-state index contributed by atoms with van der Waals surface area (Å²) < 4.78 is 6.22. The molecule has 130 valence electrons. The van der Waals surface area contributed by atoms with E-state index in [0.29, 0.717) is 16.7 Å². The van der Waals surface area contributed by atoms with Gasteiger partial charge in [0.15, 0.2) is 5.69 Å². The number of hydrogen-bond donors (Lipinski definition) is 0. The van der Waals surface area contributed by atoms with Crippen LogP contribution in [-0.4, -0.2) is 27.3 Å². The second-order valence-corrected chi connectivity index (χ2v) is 6.51. The molecule has 26 heavy (non-hydrogen) atoms. The van der Waals surface area contributed by atoms with Crippen molar-refractivity contribution in [1.29, 1.82) is 0 Å². The predicted octanol–water partition coefficient (Wildman–Crippen LogP) is 3.70. The van der Waals surface area contributed by atoms with E-state index in [4.69, 9.17) is 4.74 Å². The lowest BCUT2D eigenvalue weighted by molar-refractivity contribution is -0.118. The van der Waals surface area contributed by atoms with E-state index in [1.165, 1.54) is 18.7 Å². The van der Waals surface area contributed by atoms with E-state index in [1.54, 1.807) is 4.90 Å². The van der Waals surface area contributed by atoms with E-state index in [9.17, 15) is 4.79 Å². The van der Waals surface area contributed by atoms with Crippen molar-refractivity contribution in [2.75, 3.05) is 11.2 Å². The van der Waals surface area contributed by atoms with E-state index in [-0.39, 0.29) is 5.91 Å². The third-order valence-corrected chi connectivity index (χ3v) is 4.66. The van der Waals surface area contributed by atoms with E-state index >= 15 is 0 Å². The van der Waals surface area contributed by atoms with Gasteiger partial charge in [-0.15, -0.1) is 10.2 Å². The van der Waals surface area contributed by atoms with Gasteiger partial charge in [-0.1, -0.05) is 60.3 Å². The largest absolute Gasteiger partial charge is 0.447 e. The van der Waals surface area contributed by atoms with Gasteiger partial charge in [0.05, 0.1) is 5.69 Å². The average molecular weight is 364 g/mol. The lowest BCUT2D eigenvalue weighted by Gasteiger charge is -2.29. The molecule has 0 spiro atoms. The molecule has 1 amide bonds. The van der Waals surface area contributed by atoms with Crippen LogP contribution in [0, 0.1) is 0 Å². The summed E-state index contributed by atoms with van der Waals surface area (Å²) in [5.74, 6) is 0.242. The van der Waals surface area contributed by atoms with Gasteiger partial charge in [-0.3, -0.25) is 9.69 Å². The number of rotatable bonds is 2. The normalized spacial score (nSPS) is 15.5. The summed E-state index contributed by atoms with van der Waals surface area (Å²) >= 11 is 1.39. The van der Waals surface area contributed by atoms with Crippen LogP contribution >= 0.6 is 11.8 Å². The second-order valence-electron chi connectivity index (χ2n) is 5.74. The van der Waals surface area contributed by atoms with Crippen LogP contribution in [0.1, 0.15) is 18.7 Å².